The predicted molar refractivity (Wildman–Crippen MR) is 120 cm³/mol. The first-order chi connectivity index (χ1) is 16.5. The van der Waals surface area contributed by atoms with E-state index in [-0.39, 0.29) is 28.8 Å². The minimum absolute atomic E-state index is 0.0533. The fourth-order valence-electron chi connectivity index (χ4n) is 4.22. The van der Waals surface area contributed by atoms with Crippen LogP contribution in [0.1, 0.15) is 38.1 Å². The molecule has 3 aromatic rings. The van der Waals surface area contributed by atoms with E-state index in [4.69, 9.17) is 9.47 Å². The molecule has 1 aliphatic rings. The third kappa shape index (κ3) is 4.83. The maximum Gasteiger partial charge on any atom is 0.168 e. The summed E-state index contributed by atoms with van der Waals surface area (Å²) in [6.45, 7) is 7.32. The molecular formula is C23H30F2N6O4. The summed E-state index contributed by atoms with van der Waals surface area (Å²) in [5.41, 5.74) is 0.821. The summed E-state index contributed by atoms with van der Waals surface area (Å²) in [7, 11) is 1.47. The van der Waals surface area contributed by atoms with Gasteiger partial charge in [0.05, 0.1) is 25.0 Å². The quantitative estimate of drug-likeness (QED) is 0.535. The van der Waals surface area contributed by atoms with Crippen molar-refractivity contribution in [3.63, 3.8) is 0 Å². The van der Waals surface area contributed by atoms with Crippen LogP contribution in [0, 0.1) is 18.6 Å². The van der Waals surface area contributed by atoms with Crippen LogP contribution in [0.2, 0.25) is 0 Å². The standard InChI is InChI=1S/C23H30F2N6O4/c1-12-6-7-13(19(25)18(12)24)14-8-31(29-26-14)20-21(33)16(11-32)35-15(22(20)34-5)9-30-10-17(27-28-30)23(2,3)4/h6-8,10,15-16,20-22,32-33H,9,11H2,1-5H3/t15-,16-,20+,21+,22+/m1/s1. The first-order valence-corrected chi connectivity index (χ1v) is 11.3. The number of hydrogen-bond acceptors (Lipinski definition) is 8. The van der Waals surface area contributed by atoms with Gasteiger partial charge in [0, 0.05) is 24.3 Å². The molecule has 0 unspecified atom stereocenters. The summed E-state index contributed by atoms with van der Waals surface area (Å²) in [6.07, 6.45) is -0.298. The highest BCUT2D eigenvalue weighted by molar-refractivity contribution is 5.59. The minimum atomic E-state index is -1.21. The van der Waals surface area contributed by atoms with Crippen LogP contribution in [-0.4, -0.2) is 78.3 Å². The highest BCUT2D eigenvalue weighted by Crippen LogP contribution is 2.34. The van der Waals surface area contributed by atoms with Crippen LogP contribution in [0.4, 0.5) is 8.78 Å². The summed E-state index contributed by atoms with van der Waals surface area (Å²) < 4.78 is 43.3. The van der Waals surface area contributed by atoms with Crippen LogP contribution >= 0.6 is 0 Å². The summed E-state index contributed by atoms with van der Waals surface area (Å²) in [5.74, 6) is -1.99. The van der Waals surface area contributed by atoms with Gasteiger partial charge in [-0.2, -0.15) is 0 Å². The largest absolute Gasteiger partial charge is 0.394 e. The van der Waals surface area contributed by atoms with E-state index < -0.39 is 48.7 Å². The SMILES string of the molecule is CO[C@@H]1[C@@H](n2cc(-c3ccc(C)c(F)c3F)nn2)[C@@H](O)[C@@H](CO)O[C@@H]1Cn1cc(C(C)(C)C)nn1. The molecular weight excluding hydrogens is 462 g/mol. The third-order valence-electron chi connectivity index (χ3n) is 6.28. The second-order valence-corrected chi connectivity index (χ2v) is 9.79. The monoisotopic (exact) mass is 492 g/mol. The Morgan fingerprint density at radius 1 is 1.09 bits per heavy atom. The number of hydrogen-bond donors (Lipinski definition) is 2. The van der Waals surface area contributed by atoms with Crippen molar-refractivity contribution in [3.8, 4) is 11.3 Å². The van der Waals surface area contributed by atoms with E-state index in [2.05, 4.69) is 20.6 Å². The first kappa shape index (κ1) is 25.3. The van der Waals surface area contributed by atoms with Gasteiger partial charge >= 0.3 is 0 Å². The van der Waals surface area contributed by atoms with Crippen LogP contribution < -0.4 is 0 Å². The average Bonchev–Trinajstić information content (AvgIpc) is 3.48. The smallest absolute Gasteiger partial charge is 0.168 e. The van der Waals surface area contributed by atoms with Crippen LogP contribution in [0.25, 0.3) is 11.3 Å². The van der Waals surface area contributed by atoms with Gasteiger partial charge in [-0.05, 0) is 18.6 Å². The molecule has 2 N–H and O–H groups in total. The highest BCUT2D eigenvalue weighted by Gasteiger charge is 2.47. The van der Waals surface area contributed by atoms with Crippen LogP contribution in [0.15, 0.2) is 24.5 Å². The lowest BCUT2D eigenvalue weighted by molar-refractivity contribution is -0.216. The molecule has 0 radical (unpaired) electrons. The van der Waals surface area contributed by atoms with E-state index in [1.165, 1.54) is 37.0 Å². The minimum Gasteiger partial charge on any atom is -0.394 e. The molecule has 2 aromatic heterocycles. The van der Waals surface area contributed by atoms with E-state index in [1.54, 1.807) is 4.68 Å². The van der Waals surface area contributed by atoms with Gasteiger partial charge in [-0.3, -0.25) is 0 Å². The van der Waals surface area contributed by atoms with E-state index in [0.717, 1.165) is 5.69 Å². The lowest BCUT2D eigenvalue weighted by Crippen LogP contribution is -2.57. The van der Waals surface area contributed by atoms with Crippen LogP contribution in [-0.2, 0) is 21.4 Å². The fourth-order valence-corrected chi connectivity index (χ4v) is 4.22. The molecule has 0 amide bonds. The molecule has 35 heavy (non-hydrogen) atoms. The number of aliphatic hydroxyl groups is 2. The Hall–Kier alpha value is -2.80. The van der Waals surface area contributed by atoms with Gasteiger partial charge in [0.15, 0.2) is 11.6 Å². The normalized spacial score (nSPS) is 25.2. The lowest BCUT2D eigenvalue weighted by Gasteiger charge is -2.43. The fraction of sp³-hybridized carbons (Fsp3) is 0.565. The van der Waals surface area contributed by atoms with Crippen molar-refractivity contribution >= 4 is 0 Å². The van der Waals surface area contributed by atoms with Crippen LogP contribution in [0.3, 0.4) is 0 Å². The molecule has 5 atom stereocenters. The average molecular weight is 493 g/mol. The molecule has 0 aliphatic carbocycles. The molecule has 0 spiro atoms. The number of rotatable bonds is 6. The Labute approximate surface area is 201 Å². The molecule has 4 rings (SSSR count). The third-order valence-corrected chi connectivity index (χ3v) is 6.28. The number of halogens is 2. The van der Waals surface area contributed by atoms with Crippen molar-refractivity contribution in [2.24, 2.45) is 0 Å². The van der Waals surface area contributed by atoms with Gasteiger partial charge in [-0.1, -0.05) is 37.3 Å². The first-order valence-electron chi connectivity index (χ1n) is 11.3. The number of methoxy groups -OCH3 is 1. The Kier molecular flexibility index (Phi) is 7.00. The van der Waals surface area contributed by atoms with Crippen molar-refractivity contribution in [3.05, 3.63) is 47.4 Å². The number of nitrogens with zero attached hydrogens (tertiary/aromatic N) is 6. The number of aryl methyl sites for hydroxylation is 1. The molecule has 3 heterocycles. The summed E-state index contributed by atoms with van der Waals surface area (Å²) >= 11 is 0. The second kappa shape index (κ2) is 9.69. The zero-order chi connectivity index (χ0) is 25.5. The number of aromatic nitrogens is 6. The van der Waals surface area contributed by atoms with Crippen molar-refractivity contribution < 1.29 is 28.5 Å². The Morgan fingerprint density at radius 3 is 2.46 bits per heavy atom. The molecule has 0 saturated carbocycles. The van der Waals surface area contributed by atoms with Gasteiger partial charge in [0.25, 0.3) is 0 Å². The number of ether oxygens (including phenoxy) is 2. The predicted octanol–water partition coefficient (Wildman–Crippen LogP) is 1.80. The highest BCUT2D eigenvalue weighted by atomic mass is 19.2. The van der Waals surface area contributed by atoms with Crippen LogP contribution in [0.5, 0.6) is 0 Å². The van der Waals surface area contributed by atoms with E-state index in [9.17, 15) is 19.0 Å². The summed E-state index contributed by atoms with van der Waals surface area (Å²) in [5, 5.41) is 37.3. The lowest BCUT2D eigenvalue weighted by atomic mass is 9.92. The van der Waals surface area contributed by atoms with Gasteiger partial charge in [-0.15, -0.1) is 10.2 Å². The number of benzene rings is 1. The Balaban J connectivity index is 1.66. The molecule has 0 bridgehead atoms. The molecule has 1 aromatic carbocycles. The van der Waals surface area contributed by atoms with Gasteiger partial charge in [-0.25, -0.2) is 18.1 Å². The van der Waals surface area contributed by atoms with Crippen molar-refractivity contribution in [2.45, 2.75) is 70.1 Å². The number of aliphatic hydroxyl groups excluding tert-OH is 2. The van der Waals surface area contributed by atoms with Crippen molar-refractivity contribution in [2.75, 3.05) is 13.7 Å². The topological polar surface area (TPSA) is 120 Å². The molecule has 12 heteroatoms. The van der Waals surface area contributed by atoms with Gasteiger partial charge < -0.3 is 19.7 Å². The summed E-state index contributed by atoms with van der Waals surface area (Å²) in [6, 6.07) is 2.05. The van der Waals surface area contributed by atoms with Gasteiger partial charge in [0.2, 0.25) is 0 Å². The maximum atomic E-state index is 14.5. The zero-order valence-electron chi connectivity index (χ0n) is 20.3. The Morgan fingerprint density at radius 2 is 1.83 bits per heavy atom. The molecule has 190 valence electrons. The van der Waals surface area contributed by atoms with Gasteiger partial charge in [0.1, 0.15) is 36.2 Å². The van der Waals surface area contributed by atoms with E-state index >= 15 is 0 Å². The Bertz CT molecular complexity index is 1180. The zero-order valence-corrected chi connectivity index (χ0v) is 20.3. The molecule has 1 saturated heterocycles. The molecule has 10 nitrogen and oxygen atoms in total. The molecule has 1 aliphatic heterocycles. The van der Waals surface area contributed by atoms with E-state index in [1.807, 2.05) is 27.0 Å². The maximum absolute atomic E-state index is 14.5. The van der Waals surface area contributed by atoms with Crippen molar-refractivity contribution in [1.29, 1.82) is 0 Å². The summed E-state index contributed by atoms with van der Waals surface area (Å²) in [4.78, 5) is 0. The van der Waals surface area contributed by atoms with Crippen molar-refractivity contribution in [1.82, 2.24) is 30.0 Å². The second-order valence-electron chi connectivity index (χ2n) is 9.79. The molecule has 1 fully saturated rings. The van der Waals surface area contributed by atoms with E-state index in [0.29, 0.717) is 0 Å².